The minimum absolute atomic E-state index is 0.00462. The van der Waals surface area contributed by atoms with Gasteiger partial charge < -0.3 is 166 Å². The van der Waals surface area contributed by atoms with Crippen molar-refractivity contribution in [2.75, 3.05) is 75.7 Å². The number of hydrogen-bond donors (Lipinski definition) is 34. The van der Waals surface area contributed by atoms with Crippen molar-refractivity contribution in [1.29, 1.82) is 0 Å². The zero-order chi connectivity index (χ0) is 93.9. The fraction of sp³-hybridized carbons (Fsp3) is 0.609. The number of hydrogen-bond acceptors (Lipinski definition) is 40. The first-order valence-corrected chi connectivity index (χ1v) is 40.4. The number of carboxylic acid groups (broad SMARTS) is 4. The Hall–Kier alpha value is -11.1. The lowest BCUT2D eigenvalue weighted by Gasteiger charge is -2.28. The normalized spacial score (nSPS) is 15.9. The first-order valence-electron chi connectivity index (χ1n) is 38.0. The Morgan fingerprint density at radius 3 is 1.21 bits per heavy atom. The minimum Gasteiger partial charge on any atom is -0.481 e. The zero-order valence-corrected chi connectivity index (χ0v) is 68.2. The second-order valence-corrected chi connectivity index (χ2v) is 30.1. The molecule has 0 spiro atoms. The lowest BCUT2D eigenvalue weighted by molar-refractivity contribution is -0.142. The number of aromatic nitrogens is 4. The summed E-state index contributed by atoms with van der Waals surface area (Å²) in [4.78, 5) is 228. The van der Waals surface area contributed by atoms with E-state index >= 15 is 0 Å². The van der Waals surface area contributed by atoms with Crippen molar-refractivity contribution in [2.24, 2.45) is 0 Å². The lowest BCUT2D eigenvalue weighted by atomic mass is 10.0. The van der Waals surface area contributed by atoms with Crippen molar-refractivity contribution >= 4 is 133 Å². The number of H-pyrrole nitrogens is 1. The van der Waals surface area contributed by atoms with Gasteiger partial charge in [-0.15, -0.1) is 0 Å². The molecule has 0 saturated heterocycles. The quantitative estimate of drug-likeness (QED) is 0.0142. The Labute approximate surface area is 715 Å². The van der Waals surface area contributed by atoms with Crippen LogP contribution in [0.4, 0.5) is 16.4 Å². The molecule has 0 fully saturated rings. The van der Waals surface area contributed by atoms with E-state index in [-0.39, 0.29) is 47.3 Å². The molecule has 700 valence electrons. The van der Waals surface area contributed by atoms with Gasteiger partial charge >= 0.3 is 30.0 Å². The highest BCUT2D eigenvalue weighted by atomic mass is 33.1. The van der Waals surface area contributed by atoms with Crippen molar-refractivity contribution in [3.63, 3.8) is 0 Å². The van der Waals surface area contributed by atoms with Crippen LogP contribution < -0.4 is 80.6 Å². The highest BCUT2D eigenvalue weighted by molar-refractivity contribution is 8.76. The number of nitrogens with zero attached hydrogens (tertiary/aromatic N) is 3. The standard InChI is InChI=1S/C69H106N18O36S2/c1-71-87-69(122)123-18-19-124-125-28-38(67(120)121)84-64(116)34(8-14-47(99)75-24-41(93)54(107)57(110)44(96)27-90)80-63(115)36(11-17-50(103)104)82-61(113)33(7-13-46(98)74-23-40(92)53(106)56(109)43(95)26-89)79-62(114)35(10-16-49(101)102)81-60(112)32(6-12-45(97)73-22-39(91)52(105)55(108)42(94)25-88)78-48(100)15-9-37(66(118)119)83-59(111)29-2-4-30(5-3-29)72-20-31-21-76-58-51(77-31)65(117)86-68(70)85-58/h2-5,21,32-44,52-57,71-72,88-96,105-110H,6-20,22-28H2,1H3,(H,73,97)(H,74,98)(H,75,99)(H,78,100)(H,79,114)(H,80,115)(H,81,112)(H,82,113)(H,83,111)(H,84,116)(H,87,122)(H,101,102)(H,103,104)(H,118,119)(H,120,121)(H3,70,76,85,86,117)/t32-,33-,34-,35+,36+,37-,38+,39-,40-,41-,42+,43+,44+,52+,53+,54+,55+,56+,57+/m0/s1. The van der Waals surface area contributed by atoms with Gasteiger partial charge in [0.15, 0.2) is 11.2 Å². The van der Waals surface area contributed by atoms with E-state index in [2.05, 4.69) is 89.3 Å². The van der Waals surface area contributed by atoms with Crippen molar-refractivity contribution < 1.29 is 174 Å². The second-order valence-electron chi connectivity index (χ2n) is 27.5. The number of aliphatic hydroxyl groups is 15. The first-order chi connectivity index (χ1) is 58.9. The predicted octanol–water partition coefficient (Wildman–Crippen LogP) is -14.2. The number of rotatable bonds is 61. The number of aliphatic carboxylic acids is 4. The zero-order valence-electron chi connectivity index (χ0n) is 66.6. The summed E-state index contributed by atoms with van der Waals surface area (Å²) in [6, 6.07) is -9.25. The molecule has 0 unspecified atom stereocenters. The lowest BCUT2D eigenvalue weighted by Crippen LogP contribution is -2.60. The van der Waals surface area contributed by atoms with Crippen molar-refractivity contribution in [3.8, 4) is 0 Å². The van der Waals surface area contributed by atoms with Crippen LogP contribution in [0, 0.1) is 0 Å². The van der Waals surface area contributed by atoms with E-state index in [4.69, 9.17) is 10.5 Å². The van der Waals surface area contributed by atoms with Crippen LogP contribution in [0.3, 0.4) is 0 Å². The molecule has 0 aliphatic rings. The number of ether oxygens (including phenoxy) is 1. The third-order valence-corrected chi connectivity index (χ3v) is 20.3. The van der Waals surface area contributed by atoms with Crippen LogP contribution in [-0.2, 0) is 73.6 Å². The molecule has 3 aromatic rings. The summed E-state index contributed by atoms with van der Waals surface area (Å²) in [5.74, 6) is -20.6. The molecule has 0 radical (unpaired) electrons. The van der Waals surface area contributed by atoms with Gasteiger partial charge in [0.05, 0.1) is 56.6 Å². The third kappa shape index (κ3) is 39.4. The maximum atomic E-state index is 14.8. The van der Waals surface area contributed by atoms with Crippen molar-refractivity contribution in [2.45, 2.75) is 199 Å². The topological polar surface area (TPSA) is 904 Å². The smallest absolute Gasteiger partial charge is 0.421 e. The van der Waals surface area contributed by atoms with Crippen LogP contribution in [0.25, 0.3) is 11.2 Å². The van der Waals surface area contributed by atoms with Crippen molar-refractivity contribution in [1.82, 2.24) is 84.0 Å². The maximum Gasteiger partial charge on any atom is 0.421 e. The number of fused-ring (bicyclic) bond motifs is 1. The molecule has 0 aliphatic carbocycles. The van der Waals surface area contributed by atoms with Crippen LogP contribution in [0.5, 0.6) is 0 Å². The summed E-state index contributed by atoms with van der Waals surface area (Å²) < 4.78 is 4.89. The fourth-order valence-corrected chi connectivity index (χ4v) is 12.7. The summed E-state index contributed by atoms with van der Waals surface area (Å²) in [5, 5.41) is 214. The van der Waals surface area contributed by atoms with Gasteiger partial charge in [0.1, 0.15) is 104 Å². The Morgan fingerprint density at radius 2 is 0.824 bits per heavy atom. The van der Waals surface area contributed by atoms with E-state index in [1.165, 1.54) is 37.5 Å². The van der Waals surface area contributed by atoms with E-state index in [0.717, 1.165) is 21.6 Å². The van der Waals surface area contributed by atoms with Gasteiger partial charge in [0, 0.05) is 88.0 Å². The Bertz CT molecular complexity index is 4130. The van der Waals surface area contributed by atoms with Crippen LogP contribution in [0.1, 0.15) is 93.1 Å². The average molecular weight is 1830 g/mol. The summed E-state index contributed by atoms with van der Waals surface area (Å²) in [6.45, 7) is -6.26. The van der Waals surface area contributed by atoms with Gasteiger partial charge in [0.25, 0.3) is 11.5 Å². The molecule has 11 amide bonds. The van der Waals surface area contributed by atoms with Gasteiger partial charge in [-0.05, 0) is 62.8 Å². The number of carbonyl (C=O) groups excluding carboxylic acids is 11. The molecule has 2 aromatic heterocycles. The fourth-order valence-electron chi connectivity index (χ4n) is 10.7. The number of nitrogens with two attached hydrogens (primary N) is 1. The average Bonchev–Trinajstić information content (AvgIpc) is 0.807. The van der Waals surface area contributed by atoms with Gasteiger partial charge in [-0.25, -0.2) is 29.8 Å². The molecular formula is C69H106N18O36S2. The molecule has 54 nitrogen and oxygen atoms in total. The number of amides is 11. The Balaban J connectivity index is 2.09. The molecule has 2 heterocycles. The number of hydrazine groups is 1. The third-order valence-electron chi connectivity index (χ3n) is 17.9. The molecule has 0 saturated carbocycles. The van der Waals surface area contributed by atoms with Gasteiger partial charge in [-0.1, -0.05) is 21.6 Å². The number of aliphatic hydroxyl groups excluding tert-OH is 15. The highest BCUT2D eigenvalue weighted by Gasteiger charge is 2.38. The summed E-state index contributed by atoms with van der Waals surface area (Å²) in [7, 11) is 3.16. The number of anilines is 2. The molecule has 125 heavy (non-hydrogen) atoms. The minimum atomic E-state index is -2.28. The molecule has 19 atom stereocenters. The molecule has 56 heteroatoms. The largest absolute Gasteiger partial charge is 0.481 e. The molecule has 35 N–H and O–H groups in total. The van der Waals surface area contributed by atoms with Gasteiger partial charge in [-0.3, -0.25) is 72.7 Å². The Morgan fingerprint density at radius 1 is 0.456 bits per heavy atom. The predicted molar refractivity (Wildman–Crippen MR) is 426 cm³/mol. The molecule has 3 rings (SSSR count). The molecule has 1 aromatic carbocycles. The van der Waals surface area contributed by atoms with Gasteiger partial charge in [0.2, 0.25) is 59.1 Å². The highest BCUT2D eigenvalue weighted by Crippen LogP contribution is 2.23. The summed E-state index contributed by atoms with van der Waals surface area (Å²) >= 11 is 0. The molecule has 0 bridgehead atoms. The van der Waals surface area contributed by atoms with Crippen LogP contribution >= 0.6 is 21.6 Å². The van der Waals surface area contributed by atoms with E-state index in [1.807, 2.05) is 0 Å². The summed E-state index contributed by atoms with van der Waals surface area (Å²) in [6.07, 6.45) is -36.1. The number of carboxylic acids is 4. The van der Waals surface area contributed by atoms with E-state index in [1.54, 1.807) is 0 Å². The van der Waals surface area contributed by atoms with Crippen molar-refractivity contribution in [3.05, 3.63) is 52.1 Å². The SMILES string of the molecule is CNNC(=O)OCCSSC[C@@H](NC(=O)[C@H](CCC(=O)NC[C@H](O)[C@@H](O)[C@H](O)[C@H](O)CO)NC(=O)[C@@H](CCC(=O)O)NC(=O)[C@H](CCC(=O)NC[C@H](O)[C@@H](O)[C@H](O)[C@H](O)CO)NC(=O)[C@@H](CCC(=O)O)NC(=O)[C@H](CCC(=O)NC[C@H](O)[C@@H](O)[C@H](O)[C@H](O)CO)NC(=O)CC[C@H](NC(=O)c1ccc(NCc2cnc3nc(N)[nH]c(=O)c3n2)cc1)C(=O)O)C(=O)O. The van der Waals surface area contributed by atoms with Gasteiger partial charge in [-0.2, -0.15) is 4.98 Å². The number of nitrogens with one attached hydrogen (secondary N) is 14. The first kappa shape index (κ1) is 108. The molecular weight excluding hydrogens is 1720 g/mol. The second kappa shape index (κ2) is 56.0. The van der Waals surface area contributed by atoms with E-state index in [0.29, 0.717) is 5.69 Å². The van der Waals surface area contributed by atoms with Crippen LogP contribution in [0.15, 0.2) is 35.3 Å². The monoisotopic (exact) mass is 1830 g/mol. The van der Waals surface area contributed by atoms with E-state index in [9.17, 15) is 174 Å². The number of aromatic amines is 1. The number of nitrogen functional groups attached to an aromatic ring is 1. The van der Waals surface area contributed by atoms with E-state index < -0.39 is 332 Å². The van der Waals surface area contributed by atoms with Crippen LogP contribution in [0.2, 0.25) is 0 Å². The van der Waals surface area contributed by atoms with Crippen LogP contribution in [-0.4, -0.2) is 386 Å². The Kier molecular flexibility index (Phi) is 48.5. The number of carbonyl (C=O) groups is 15. The maximum absolute atomic E-state index is 14.8. The molecule has 0 aliphatic heterocycles. The number of benzene rings is 1. The summed E-state index contributed by atoms with van der Waals surface area (Å²) in [5.41, 5.74) is 9.79.